The van der Waals surface area contributed by atoms with Crippen LogP contribution in [0.15, 0.2) is 11.4 Å². The number of hydrogen-bond donors (Lipinski definition) is 3. The molecule has 4 nitrogen and oxygen atoms in total. The van der Waals surface area contributed by atoms with Crippen LogP contribution in [0.1, 0.15) is 0 Å². The largest absolute Gasteiger partial charge is 0.504 e. The number of rotatable bonds is 0. The quantitative estimate of drug-likeness (QED) is 0.521. The summed E-state index contributed by atoms with van der Waals surface area (Å²) in [6, 6.07) is 1.71. The lowest BCUT2D eigenvalue weighted by Crippen LogP contribution is -1.95. The van der Waals surface area contributed by atoms with Crippen molar-refractivity contribution >= 4 is 27.4 Å². The minimum absolute atomic E-state index is 0.00755. The fourth-order valence-electron chi connectivity index (χ4n) is 0.993. The lowest BCUT2D eigenvalue weighted by Gasteiger charge is -1.92. The van der Waals surface area contributed by atoms with Crippen molar-refractivity contribution in [1.82, 2.24) is 4.73 Å². The number of anilines is 1. The second-order valence-electron chi connectivity index (χ2n) is 2.19. The van der Waals surface area contributed by atoms with Gasteiger partial charge in [-0.1, -0.05) is 0 Å². The molecule has 0 atom stereocenters. The Morgan fingerprint density at radius 1 is 1.55 bits per heavy atom. The minimum Gasteiger partial charge on any atom is -0.504 e. The third-order valence-electron chi connectivity index (χ3n) is 1.56. The first kappa shape index (κ1) is 6.36. The van der Waals surface area contributed by atoms with Crippen molar-refractivity contribution in [3.05, 3.63) is 11.4 Å². The summed E-state index contributed by atoms with van der Waals surface area (Å²) in [7, 11) is 0. The summed E-state index contributed by atoms with van der Waals surface area (Å²) in [5.41, 5.74) is 5.33. The van der Waals surface area contributed by atoms with Gasteiger partial charge in [0.25, 0.3) is 0 Å². The maximum absolute atomic E-state index is 9.27. The van der Waals surface area contributed by atoms with Gasteiger partial charge in [-0.15, -0.1) is 11.3 Å². The molecule has 2 aromatic heterocycles. The topological polar surface area (TPSA) is 71.4 Å². The van der Waals surface area contributed by atoms with Gasteiger partial charge in [0.1, 0.15) is 4.83 Å². The number of aromatic hydroxyl groups is 1. The van der Waals surface area contributed by atoms with E-state index in [1.165, 1.54) is 11.3 Å². The third-order valence-corrected chi connectivity index (χ3v) is 2.45. The number of aromatic nitrogens is 1. The Bertz CT molecular complexity index is 369. The first-order valence-corrected chi connectivity index (χ1v) is 3.85. The molecule has 2 rings (SSSR count). The van der Waals surface area contributed by atoms with Crippen LogP contribution in [0.25, 0.3) is 10.2 Å². The molecule has 0 aliphatic heterocycles. The van der Waals surface area contributed by atoms with E-state index in [4.69, 9.17) is 5.73 Å². The molecule has 0 bridgehead atoms. The van der Waals surface area contributed by atoms with Crippen molar-refractivity contribution in [2.45, 2.75) is 0 Å². The van der Waals surface area contributed by atoms with E-state index in [0.29, 0.717) is 10.2 Å². The summed E-state index contributed by atoms with van der Waals surface area (Å²) in [5.74, 6) is -0.0596. The standard InChI is InChI=1S/C6H6N2O2S/c7-5-4(9)3-1-2-11-6(3)8(5)10/h1-2,9-10H,7H2. The molecule has 0 spiro atoms. The number of hydrogen-bond acceptors (Lipinski definition) is 4. The SMILES string of the molecule is Nc1c(O)c2ccsc2n1O. The summed E-state index contributed by atoms with van der Waals surface area (Å²) in [6.45, 7) is 0. The first-order valence-electron chi connectivity index (χ1n) is 2.97. The Labute approximate surface area is 66.1 Å². The van der Waals surface area contributed by atoms with Gasteiger partial charge in [0.15, 0.2) is 11.6 Å². The average molecular weight is 170 g/mol. The Hall–Kier alpha value is -1.36. The molecule has 11 heavy (non-hydrogen) atoms. The molecule has 0 aliphatic carbocycles. The van der Waals surface area contributed by atoms with Crippen LogP contribution in [0.4, 0.5) is 5.82 Å². The van der Waals surface area contributed by atoms with E-state index in [1.807, 2.05) is 0 Å². The van der Waals surface area contributed by atoms with Crippen molar-refractivity contribution in [3.8, 4) is 5.75 Å². The zero-order chi connectivity index (χ0) is 8.01. The van der Waals surface area contributed by atoms with Gasteiger partial charge in [-0.05, 0) is 11.4 Å². The molecule has 4 N–H and O–H groups in total. The van der Waals surface area contributed by atoms with E-state index < -0.39 is 0 Å². The predicted octanol–water partition coefficient (Wildman–Crippen LogP) is 1.23. The molecule has 0 unspecified atom stereocenters. The maximum atomic E-state index is 9.27. The van der Waals surface area contributed by atoms with Gasteiger partial charge in [-0.3, -0.25) is 0 Å². The van der Waals surface area contributed by atoms with Crippen LogP contribution in [-0.2, 0) is 0 Å². The monoisotopic (exact) mass is 170 g/mol. The van der Waals surface area contributed by atoms with Gasteiger partial charge in [-0.2, -0.15) is 4.73 Å². The first-order chi connectivity index (χ1) is 5.22. The summed E-state index contributed by atoms with van der Waals surface area (Å²) in [6.07, 6.45) is 0. The molecular weight excluding hydrogens is 164 g/mol. The van der Waals surface area contributed by atoms with E-state index in [1.54, 1.807) is 11.4 Å². The van der Waals surface area contributed by atoms with E-state index >= 15 is 0 Å². The van der Waals surface area contributed by atoms with Crippen LogP contribution in [0.2, 0.25) is 0 Å². The van der Waals surface area contributed by atoms with E-state index in [0.717, 1.165) is 4.73 Å². The number of fused-ring (bicyclic) bond motifs is 1. The zero-order valence-corrected chi connectivity index (χ0v) is 6.30. The van der Waals surface area contributed by atoms with Crippen LogP contribution in [0, 0.1) is 0 Å². The number of nitrogens with zero attached hydrogens (tertiary/aromatic N) is 1. The predicted molar refractivity (Wildman–Crippen MR) is 43.1 cm³/mol. The molecule has 0 radical (unpaired) electrons. The molecule has 2 heterocycles. The third kappa shape index (κ3) is 0.627. The van der Waals surface area contributed by atoms with Crippen LogP contribution in [-0.4, -0.2) is 15.0 Å². The second-order valence-corrected chi connectivity index (χ2v) is 3.08. The maximum Gasteiger partial charge on any atom is 0.184 e. The van der Waals surface area contributed by atoms with Gasteiger partial charge in [0, 0.05) is 0 Å². The molecule has 5 heteroatoms. The second kappa shape index (κ2) is 1.82. The smallest absolute Gasteiger partial charge is 0.184 e. The van der Waals surface area contributed by atoms with Crippen LogP contribution in [0.3, 0.4) is 0 Å². The fraction of sp³-hybridized carbons (Fsp3) is 0. The minimum atomic E-state index is -0.0521. The molecule has 2 aromatic rings. The van der Waals surface area contributed by atoms with Crippen molar-refractivity contribution in [1.29, 1.82) is 0 Å². The molecule has 0 amide bonds. The zero-order valence-electron chi connectivity index (χ0n) is 5.48. The average Bonchev–Trinajstić information content (AvgIpc) is 2.53. The lowest BCUT2D eigenvalue weighted by molar-refractivity contribution is 0.206. The van der Waals surface area contributed by atoms with Gasteiger partial charge in [-0.25, -0.2) is 0 Å². The molecule has 0 aliphatic rings. The van der Waals surface area contributed by atoms with Crippen LogP contribution >= 0.6 is 11.3 Å². The number of nitrogen functional groups attached to an aromatic ring is 1. The number of thiophene rings is 1. The van der Waals surface area contributed by atoms with Crippen molar-refractivity contribution in [2.75, 3.05) is 5.73 Å². The van der Waals surface area contributed by atoms with Gasteiger partial charge in [0.05, 0.1) is 5.39 Å². The Morgan fingerprint density at radius 3 is 2.91 bits per heavy atom. The van der Waals surface area contributed by atoms with Gasteiger partial charge in [0.2, 0.25) is 0 Å². The highest BCUT2D eigenvalue weighted by Gasteiger charge is 2.13. The fourth-order valence-corrected chi connectivity index (χ4v) is 1.82. The molecule has 58 valence electrons. The highest BCUT2D eigenvalue weighted by atomic mass is 32.1. The van der Waals surface area contributed by atoms with Gasteiger partial charge < -0.3 is 16.0 Å². The summed E-state index contributed by atoms with van der Waals surface area (Å²) >= 11 is 1.32. The molecular formula is C6H6N2O2S. The van der Waals surface area contributed by atoms with E-state index in [2.05, 4.69) is 0 Å². The van der Waals surface area contributed by atoms with Crippen molar-refractivity contribution < 1.29 is 10.3 Å². The molecule has 0 aromatic carbocycles. The normalized spacial score (nSPS) is 10.9. The van der Waals surface area contributed by atoms with Crippen LogP contribution in [0.5, 0.6) is 5.75 Å². The molecule has 0 fully saturated rings. The van der Waals surface area contributed by atoms with E-state index in [9.17, 15) is 10.3 Å². The summed E-state index contributed by atoms with van der Waals surface area (Å²) in [5, 5.41) is 20.8. The van der Waals surface area contributed by atoms with Crippen molar-refractivity contribution in [2.24, 2.45) is 0 Å². The van der Waals surface area contributed by atoms with E-state index in [-0.39, 0.29) is 11.6 Å². The highest BCUT2D eigenvalue weighted by molar-refractivity contribution is 7.16. The van der Waals surface area contributed by atoms with Crippen LogP contribution < -0.4 is 5.73 Å². The van der Waals surface area contributed by atoms with Crippen molar-refractivity contribution in [3.63, 3.8) is 0 Å². The molecule has 0 saturated heterocycles. The summed E-state index contributed by atoms with van der Waals surface area (Å²) < 4.78 is 0.787. The summed E-state index contributed by atoms with van der Waals surface area (Å²) in [4.78, 5) is 0.569. The Kier molecular flexibility index (Phi) is 1.05. The highest BCUT2D eigenvalue weighted by Crippen LogP contribution is 2.35. The Balaban J connectivity index is 3.00. The molecule has 0 saturated carbocycles. The number of nitrogens with two attached hydrogens (primary N) is 1. The lowest BCUT2D eigenvalue weighted by atomic mass is 10.4. The Morgan fingerprint density at radius 2 is 2.27 bits per heavy atom. The van der Waals surface area contributed by atoms with Gasteiger partial charge >= 0.3 is 0 Å².